The highest BCUT2D eigenvalue weighted by Gasteiger charge is 2.31. The van der Waals surface area contributed by atoms with E-state index in [1.54, 1.807) is 18.7 Å². The Bertz CT molecular complexity index is 864. The quantitative estimate of drug-likeness (QED) is 0.724. The Labute approximate surface area is 165 Å². The molecule has 0 unspecified atom stereocenters. The number of thiophene rings is 1. The number of aromatic nitrogens is 3. The SMILES string of the molecule is CCOC(=O)c1c(NC(=O)Cn2cncn2)sc2c1CCN(C(=O)OCC)C2. The fourth-order valence-electron chi connectivity index (χ4n) is 2.91. The van der Waals surface area contributed by atoms with Gasteiger partial charge in [-0.2, -0.15) is 5.10 Å². The van der Waals surface area contributed by atoms with E-state index in [-0.39, 0.29) is 19.1 Å². The van der Waals surface area contributed by atoms with Crippen molar-refractivity contribution >= 4 is 34.3 Å². The van der Waals surface area contributed by atoms with E-state index in [9.17, 15) is 14.4 Å². The standard InChI is InChI=1S/C17H21N5O5S/c1-3-26-16(24)14-11-5-6-21(17(25)27-4-2)7-12(11)28-15(14)20-13(23)8-22-10-18-9-19-22/h9-10H,3-8H2,1-2H3,(H,20,23). The first kappa shape index (κ1) is 19.8. The molecular weight excluding hydrogens is 386 g/mol. The van der Waals surface area contributed by atoms with Gasteiger partial charge in [0.25, 0.3) is 0 Å². The summed E-state index contributed by atoms with van der Waals surface area (Å²) in [6, 6.07) is 0. The van der Waals surface area contributed by atoms with Gasteiger partial charge in [0.1, 0.15) is 24.2 Å². The summed E-state index contributed by atoms with van der Waals surface area (Å²) in [7, 11) is 0. The van der Waals surface area contributed by atoms with E-state index in [1.807, 2.05) is 0 Å². The monoisotopic (exact) mass is 407 g/mol. The van der Waals surface area contributed by atoms with Gasteiger partial charge in [-0.25, -0.2) is 19.3 Å². The van der Waals surface area contributed by atoms with Crippen molar-refractivity contribution < 1.29 is 23.9 Å². The summed E-state index contributed by atoms with van der Waals surface area (Å²) < 4.78 is 11.6. The number of rotatable bonds is 6. The minimum absolute atomic E-state index is 0.0280. The molecule has 2 amide bonds. The van der Waals surface area contributed by atoms with Gasteiger partial charge in [-0.1, -0.05) is 0 Å². The molecule has 0 spiro atoms. The maximum Gasteiger partial charge on any atom is 0.410 e. The molecule has 2 aromatic heterocycles. The largest absolute Gasteiger partial charge is 0.462 e. The average molecular weight is 407 g/mol. The molecule has 0 fully saturated rings. The van der Waals surface area contributed by atoms with Crippen molar-refractivity contribution in [3.8, 4) is 0 Å². The van der Waals surface area contributed by atoms with E-state index >= 15 is 0 Å². The van der Waals surface area contributed by atoms with Crippen molar-refractivity contribution in [3.05, 3.63) is 28.7 Å². The predicted molar refractivity (Wildman–Crippen MR) is 100 cm³/mol. The Morgan fingerprint density at radius 2 is 2.04 bits per heavy atom. The van der Waals surface area contributed by atoms with Gasteiger partial charge in [0.05, 0.1) is 25.3 Å². The Morgan fingerprint density at radius 3 is 2.71 bits per heavy atom. The fraction of sp³-hybridized carbons (Fsp3) is 0.471. The minimum atomic E-state index is -0.486. The molecule has 150 valence electrons. The van der Waals surface area contributed by atoms with E-state index in [0.717, 1.165) is 10.4 Å². The first-order valence-corrected chi connectivity index (χ1v) is 9.70. The molecule has 1 aliphatic heterocycles. The van der Waals surface area contributed by atoms with Gasteiger partial charge < -0.3 is 19.7 Å². The first-order chi connectivity index (χ1) is 13.5. The average Bonchev–Trinajstić information content (AvgIpc) is 3.28. The van der Waals surface area contributed by atoms with Crippen molar-refractivity contribution in [3.63, 3.8) is 0 Å². The van der Waals surface area contributed by atoms with Crippen LogP contribution in [0.15, 0.2) is 12.7 Å². The topological polar surface area (TPSA) is 116 Å². The molecule has 3 rings (SSSR count). The van der Waals surface area contributed by atoms with Crippen LogP contribution in [0.3, 0.4) is 0 Å². The molecule has 0 aliphatic carbocycles. The smallest absolute Gasteiger partial charge is 0.410 e. The van der Waals surface area contributed by atoms with Gasteiger partial charge in [-0.05, 0) is 25.8 Å². The number of carbonyl (C=O) groups excluding carboxylic acids is 3. The van der Waals surface area contributed by atoms with Gasteiger partial charge >= 0.3 is 12.1 Å². The molecule has 0 saturated heterocycles. The molecule has 28 heavy (non-hydrogen) atoms. The van der Waals surface area contributed by atoms with Crippen LogP contribution in [0.25, 0.3) is 0 Å². The van der Waals surface area contributed by atoms with Crippen LogP contribution in [0.5, 0.6) is 0 Å². The summed E-state index contributed by atoms with van der Waals surface area (Å²) in [6.45, 7) is 4.72. The molecule has 0 aromatic carbocycles. The summed E-state index contributed by atoms with van der Waals surface area (Å²) in [5, 5.41) is 7.08. The second kappa shape index (κ2) is 8.83. The third-order valence-corrected chi connectivity index (χ3v) is 5.22. The van der Waals surface area contributed by atoms with Gasteiger partial charge in [0, 0.05) is 11.4 Å². The highest BCUT2D eigenvalue weighted by atomic mass is 32.1. The minimum Gasteiger partial charge on any atom is -0.462 e. The Kier molecular flexibility index (Phi) is 6.24. The Hall–Kier alpha value is -2.95. The summed E-state index contributed by atoms with van der Waals surface area (Å²) in [6.07, 6.45) is 2.86. The molecule has 0 radical (unpaired) electrons. The van der Waals surface area contributed by atoms with Crippen molar-refractivity contribution in [1.82, 2.24) is 19.7 Å². The summed E-state index contributed by atoms with van der Waals surface area (Å²) >= 11 is 1.27. The first-order valence-electron chi connectivity index (χ1n) is 8.89. The van der Waals surface area contributed by atoms with Crippen LogP contribution in [0.1, 0.15) is 34.6 Å². The van der Waals surface area contributed by atoms with Gasteiger partial charge in [-0.15, -0.1) is 11.3 Å². The van der Waals surface area contributed by atoms with Crippen LogP contribution in [0.2, 0.25) is 0 Å². The molecular formula is C17H21N5O5S. The number of carbonyl (C=O) groups is 3. The predicted octanol–water partition coefficient (Wildman–Crippen LogP) is 1.67. The van der Waals surface area contributed by atoms with E-state index in [4.69, 9.17) is 9.47 Å². The molecule has 11 heteroatoms. The lowest BCUT2D eigenvalue weighted by atomic mass is 10.0. The Morgan fingerprint density at radius 1 is 1.25 bits per heavy atom. The highest BCUT2D eigenvalue weighted by Crippen LogP contribution is 2.37. The van der Waals surface area contributed by atoms with E-state index in [1.165, 1.54) is 28.7 Å². The number of esters is 1. The van der Waals surface area contributed by atoms with E-state index in [0.29, 0.717) is 36.7 Å². The number of hydrogen-bond donors (Lipinski definition) is 1. The normalized spacial score (nSPS) is 13.0. The molecule has 1 N–H and O–H groups in total. The van der Waals surface area contributed by atoms with Gasteiger partial charge in [0.2, 0.25) is 5.91 Å². The number of hydrogen-bond acceptors (Lipinski definition) is 8. The maximum atomic E-state index is 12.5. The van der Waals surface area contributed by atoms with Crippen molar-refractivity contribution in [2.75, 3.05) is 25.1 Å². The van der Waals surface area contributed by atoms with Crippen LogP contribution in [-0.4, -0.2) is 57.4 Å². The summed E-state index contributed by atoms with van der Waals surface area (Å²) in [4.78, 5) is 43.1. The van der Waals surface area contributed by atoms with Crippen LogP contribution in [0.4, 0.5) is 9.80 Å². The lowest BCUT2D eigenvalue weighted by Crippen LogP contribution is -2.36. The summed E-state index contributed by atoms with van der Waals surface area (Å²) in [5.74, 6) is -0.822. The number of ether oxygens (including phenoxy) is 2. The van der Waals surface area contributed by atoms with Crippen LogP contribution >= 0.6 is 11.3 Å². The van der Waals surface area contributed by atoms with E-state index < -0.39 is 12.1 Å². The van der Waals surface area contributed by atoms with Gasteiger partial charge in [0.15, 0.2) is 0 Å². The van der Waals surface area contributed by atoms with Crippen molar-refractivity contribution in [1.29, 1.82) is 0 Å². The summed E-state index contributed by atoms with van der Waals surface area (Å²) in [5.41, 5.74) is 1.16. The lowest BCUT2D eigenvalue weighted by Gasteiger charge is -2.26. The fourth-order valence-corrected chi connectivity index (χ4v) is 4.18. The lowest BCUT2D eigenvalue weighted by molar-refractivity contribution is -0.116. The third kappa shape index (κ3) is 4.30. The molecule has 0 bridgehead atoms. The molecule has 2 aromatic rings. The maximum absolute atomic E-state index is 12.5. The number of nitrogens with one attached hydrogen (secondary N) is 1. The number of amides is 2. The number of anilines is 1. The highest BCUT2D eigenvalue weighted by molar-refractivity contribution is 7.17. The van der Waals surface area contributed by atoms with E-state index in [2.05, 4.69) is 15.4 Å². The van der Waals surface area contributed by atoms with Crippen molar-refractivity contribution in [2.24, 2.45) is 0 Å². The number of nitrogens with zero attached hydrogens (tertiary/aromatic N) is 4. The number of fused-ring (bicyclic) bond motifs is 1. The van der Waals surface area contributed by atoms with Crippen molar-refractivity contribution in [2.45, 2.75) is 33.4 Å². The zero-order chi connectivity index (χ0) is 20.1. The van der Waals surface area contributed by atoms with Crippen LogP contribution in [-0.2, 0) is 33.8 Å². The van der Waals surface area contributed by atoms with Crippen LogP contribution < -0.4 is 5.32 Å². The second-order valence-corrected chi connectivity index (χ2v) is 7.05. The van der Waals surface area contributed by atoms with Gasteiger partial charge in [-0.3, -0.25) is 4.79 Å². The zero-order valence-corrected chi connectivity index (χ0v) is 16.5. The zero-order valence-electron chi connectivity index (χ0n) is 15.6. The molecule has 10 nitrogen and oxygen atoms in total. The second-order valence-electron chi connectivity index (χ2n) is 5.94. The molecule has 0 atom stereocenters. The Balaban J connectivity index is 1.84. The van der Waals surface area contributed by atoms with Crippen LogP contribution in [0, 0.1) is 0 Å². The molecule has 1 aliphatic rings. The third-order valence-electron chi connectivity index (χ3n) is 4.09. The molecule has 0 saturated carbocycles. The molecule has 3 heterocycles.